The topological polar surface area (TPSA) is 31.0 Å². The normalized spacial score (nSPS) is 11.8. The average Bonchev–Trinajstić information content (AvgIpc) is 3.52. The van der Waals surface area contributed by atoms with Crippen LogP contribution in [0.1, 0.15) is 11.5 Å². The summed E-state index contributed by atoms with van der Waals surface area (Å²) in [5.74, 6) is 0.580. The molecule has 196 valence electrons. The molecule has 41 heavy (non-hydrogen) atoms. The smallest absolute Gasteiger partial charge is 0.141 e. The second-order valence-electron chi connectivity index (χ2n) is 10.6. The highest BCUT2D eigenvalue weighted by Gasteiger charge is 2.22. The summed E-state index contributed by atoms with van der Waals surface area (Å²) in [6, 6.07) is 39.1. The molecule has 0 unspecified atom stereocenters. The highest BCUT2D eigenvalue weighted by Crippen LogP contribution is 2.46. The summed E-state index contributed by atoms with van der Waals surface area (Å²) in [6.45, 7) is 3.99. The zero-order valence-electron chi connectivity index (χ0n) is 22.7. The van der Waals surface area contributed by atoms with Gasteiger partial charge < -0.3 is 9.09 Å². The fourth-order valence-corrected chi connectivity index (χ4v) is 6.55. The highest BCUT2D eigenvalue weighted by molar-refractivity contribution is 6.22. The van der Waals surface area contributed by atoms with Gasteiger partial charge in [0.05, 0.1) is 16.7 Å². The summed E-state index contributed by atoms with van der Waals surface area (Å²) in [4.78, 5) is 0. The van der Waals surface area contributed by atoms with Crippen LogP contribution in [0.5, 0.6) is 0 Å². The molecule has 2 aromatic heterocycles. The van der Waals surface area contributed by atoms with Gasteiger partial charge in [0.2, 0.25) is 0 Å². The van der Waals surface area contributed by atoms with Gasteiger partial charge in [-0.05, 0) is 89.0 Å². The van der Waals surface area contributed by atoms with E-state index in [4.69, 9.17) is 4.52 Å². The molecule has 0 aliphatic heterocycles. The van der Waals surface area contributed by atoms with Gasteiger partial charge in [-0.2, -0.15) is 0 Å². The summed E-state index contributed by atoms with van der Waals surface area (Å²) in [5, 5.41) is 11.3. The first kappa shape index (κ1) is 23.6. The summed E-state index contributed by atoms with van der Waals surface area (Å²) >= 11 is 0. The molecule has 6 aromatic carbocycles. The van der Waals surface area contributed by atoms with Gasteiger partial charge in [-0.3, -0.25) is 0 Å². The maximum absolute atomic E-state index is 13.8. The number of benzene rings is 6. The molecule has 0 N–H and O–H groups in total. The number of nitrogens with zero attached hydrogens (tertiary/aromatic N) is 2. The molecule has 2 heterocycles. The van der Waals surface area contributed by atoms with E-state index in [1.165, 1.54) is 39.2 Å². The van der Waals surface area contributed by atoms with Crippen LogP contribution in [-0.2, 0) is 0 Å². The van der Waals surface area contributed by atoms with Gasteiger partial charge in [-0.25, -0.2) is 4.39 Å². The van der Waals surface area contributed by atoms with E-state index >= 15 is 0 Å². The van der Waals surface area contributed by atoms with E-state index in [1.807, 2.05) is 26.0 Å². The molecule has 8 rings (SSSR count). The molecular weight excluding hydrogens is 507 g/mol. The second-order valence-corrected chi connectivity index (χ2v) is 10.6. The van der Waals surface area contributed by atoms with E-state index in [2.05, 4.69) is 101 Å². The molecule has 0 fully saturated rings. The third-order valence-electron chi connectivity index (χ3n) is 8.26. The summed E-state index contributed by atoms with van der Waals surface area (Å²) in [5.41, 5.74) is 8.57. The molecule has 0 spiro atoms. The fourth-order valence-electron chi connectivity index (χ4n) is 6.55. The molecule has 0 aliphatic rings. The maximum atomic E-state index is 13.8. The lowest BCUT2D eigenvalue weighted by atomic mass is 9.85. The van der Waals surface area contributed by atoms with Gasteiger partial charge >= 0.3 is 0 Å². The zero-order chi connectivity index (χ0) is 27.7. The molecule has 0 radical (unpaired) electrons. The van der Waals surface area contributed by atoms with Crippen LogP contribution in [0.3, 0.4) is 0 Å². The van der Waals surface area contributed by atoms with E-state index in [-0.39, 0.29) is 5.82 Å². The average molecular weight is 533 g/mol. The van der Waals surface area contributed by atoms with Gasteiger partial charge in [0.15, 0.2) is 0 Å². The molecule has 0 amide bonds. The molecular formula is C37H25FN2O. The summed E-state index contributed by atoms with van der Waals surface area (Å²) < 4.78 is 21.6. The Morgan fingerprint density at radius 1 is 0.561 bits per heavy atom. The highest BCUT2D eigenvalue weighted by atomic mass is 19.1. The Bertz CT molecular complexity index is 2210. The van der Waals surface area contributed by atoms with Crippen LogP contribution in [0, 0.1) is 19.7 Å². The third kappa shape index (κ3) is 3.47. The first-order valence-corrected chi connectivity index (χ1v) is 13.8. The molecule has 8 aromatic rings. The molecule has 3 nitrogen and oxygen atoms in total. The van der Waals surface area contributed by atoms with Crippen molar-refractivity contribution in [3.8, 4) is 27.9 Å². The van der Waals surface area contributed by atoms with Gasteiger partial charge in [0, 0.05) is 27.6 Å². The van der Waals surface area contributed by atoms with Crippen LogP contribution in [0.4, 0.5) is 4.39 Å². The van der Waals surface area contributed by atoms with Gasteiger partial charge in [0.25, 0.3) is 0 Å². The Morgan fingerprint density at radius 2 is 1.12 bits per heavy atom. The SMILES string of the molecule is Cc1noc(C)c1-c1c2ccccc2c(-c2ccc3c(c2)c2ccccc2n3-c2ccc(F)cc2)c2ccccc12. The van der Waals surface area contributed by atoms with E-state index in [1.54, 1.807) is 0 Å². The van der Waals surface area contributed by atoms with Crippen molar-refractivity contribution < 1.29 is 8.91 Å². The Kier molecular flexibility index (Phi) is 5.13. The minimum absolute atomic E-state index is 0.240. The van der Waals surface area contributed by atoms with Crippen LogP contribution in [-0.4, -0.2) is 9.72 Å². The van der Waals surface area contributed by atoms with Crippen LogP contribution >= 0.6 is 0 Å². The molecule has 0 aliphatic carbocycles. The van der Waals surface area contributed by atoms with Crippen molar-refractivity contribution in [3.63, 3.8) is 0 Å². The van der Waals surface area contributed by atoms with Crippen LogP contribution in [0.2, 0.25) is 0 Å². The standard InChI is InChI=1S/C37H25FN2O/c1-22-35(23(2)41-39-22)37-30-12-5-3-10-28(30)36(29-11-4-6-13-31(29)37)24-15-20-34-32(21-24)27-9-7-8-14-33(27)40(34)26-18-16-25(38)17-19-26/h3-21H,1-2H3. The summed E-state index contributed by atoms with van der Waals surface area (Å²) in [6.07, 6.45) is 0. The molecule has 0 atom stereocenters. The minimum atomic E-state index is -0.240. The van der Waals surface area contributed by atoms with Crippen LogP contribution in [0.25, 0.3) is 71.3 Å². The van der Waals surface area contributed by atoms with E-state index in [9.17, 15) is 4.39 Å². The summed E-state index contributed by atoms with van der Waals surface area (Å²) in [7, 11) is 0. The third-order valence-corrected chi connectivity index (χ3v) is 8.26. The molecule has 0 bridgehead atoms. The lowest BCUT2D eigenvalue weighted by Gasteiger charge is -2.17. The number of hydrogen-bond donors (Lipinski definition) is 0. The lowest BCUT2D eigenvalue weighted by molar-refractivity contribution is 0.393. The predicted octanol–water partition coefficient (Wildman–Crippen LogP) is 10.2. The Morgan fingerprint density at radius 3 is 1.73 bits per heavy atom. The van der Waals surface area contributed by atoms with Gasteiger partial charge in [-0.15, -0.1) is 0 Å². The molecule has 0 saturated carbocycles. The second kappa shape index (κ2) is 8.90. The van der Waals surface area contributed by atoms with Crippen molar-refractivity contribution in [1.29, 1.82) is 0 Å². The Hall–Kier alpha value is -5.22. The van der Waals surface area contributed by atoms with Gasteiger partial charge in [0.1, 0.15) is 11.6 Å². The van der Waals surface area contributed by atoms with Crippen molar-refractivity contribution in [2.45, 2.75) is 13.8 Å². The number of para-hydroxylation sites is 1. The van der Waals surface area contributed by atoms with Crippen molar-refractivity contribution in [3.05, 3.63) is 133 Å². The molecule has 4 heteroatoms. The monoisotopic (exact) mass is 532 g/mol. The van der Waals surface area contributed by atoms with Gasteiger partial charge in [-0.1, -0.05) is 78.0 Å². The Labute approximate surface area is 236 Å². The fraction of sp³-hybridized carbons (Fsp3) is 0.0541. The first-order chi connectivity index (χ1) is 20.1. The number of halogens is 1. The Balaban J connectivity index is 1.47. The minimum Gasteiger partial charge on any atom is -0.361 e. The number of aryl methyl sites for hydroxylation is 2. The van der Waals surface area contributed by atoms with Crippen molar-refractivity contribution in [1.82, 2.24) is 9.72 Å². The van der Waals surface area contributed by atoms with Crippen molar-refractivity contribution in [2.75, 3.05) is 0 Å². The van der Waals surface area contributed by atoms with Crippen molar-refractivity contribution >= 4 is 43.4 Å². The number of rotatable bonds is 3. The van der Waals surface area contributed by atoms with E-state index in [0.29, 0.717) is 0 Å². The zero-order valence-corrected chi connectivity index (χ0v) is 22.7. The first-order valence-electron chi connectivity index (χ1n) is 13.8. The number of aromatic nitrogens is 2. The van der Waals surface area contributed by atoms with Crippen LogP contribution in [0.15, 0.2) is 120 Å². The number of hydrogen-bond acceptors (Lipinski definition) is 2. The van der Waals surface area contributed by atoms with Crippen molar-refractivity contribution in [2.24, 2.45) is 0 Å². The predicted molar refractivity (Wildman–Crippen MR) is 166 cm³/mol. The van der Waals surface area contributed by atoms with E-state index in [0.717, 1.165) is 55.6 Å². The largest absolute Gasteiger partial charge is 0.361 e. The number of fused-ring (bicyclic) bond motifs is 5. The quantitative estimate of drug-likeness (QED) is 0.212. The maximum Gasteiger partial charge on any atom is 0.141 e. The molecule has 0 saturated heterocycles. The van der Waals surface area contributed by atoms with E-state index < -0.39 is 0 Å². The lowest BCUT2D eigenvalue weighted by Crippen LogP contribution is -1.94. The van der Waals surface area contributed by atoms with Crippen LogP contribution < -0.4 is 0 Å².